The molecule has 3 N–H and O–H groups in total. The van der Waals surface area contributed by atoms with Crippen LogP contribution in [0.4, 0.5) is 5.69 Å². The molecule has 0 aliphatic carbocycles. The molecule has 2 heterocycles. The molecular weight excluding hydrogens is 264 g/mol. The third kappa shape index (κ3) is 1.94. The highest BCUT2D eigenvalue weighted by atomic mass is 32.1. The molecule has 0 spiro atoms. The first-order valence-corrected chi connectivity index (χ1v) is 6.72. The van der Waals surface area contributed by atoms with E-state index in [2.05, 4.69) is 10.6 Å². The molecule has 0 radical (unpaired) electrons. The average molecular weight is 276 g/mol. The molecule has 1 aromatic heterocycles. The Labute approximate surface area is 113 Å². The maximum Gasteiger partial charge on any atom is 0.335 e. The van der Waals surface area contributed by atoms with E-state index in [0.29, 0.717) is 11.4 Å². The number of rotatable bonds is 1. The van der Waals surface area contributed by atoms with Gasteiger partial charge in [0.25, 0.3) is 5.91 Å². The van der Waals surface area contributed by atoms with Gasteiger partial charge in [-0.05, 0) is 25.1 Å². The van der Waals surface area contributed by atoms with E-state index >= 15 is 0 Å². The Morgan fingerprint density at radius 2 is 2.26 bits per heavy atom. The van der Waals surface area contributed by atoms with Crippen LogP contribution >= 0.6 is 11.3 Å². The van der Waals surface area contributed by atoms with E-state index in [0.717, 1.165) is 15.8 Å². The molecule has 1 aliphatic heterocycles. The number of aromatic carboxylic acids is 1. The van der Waals surface area contributed by atoms with Crippen LogP contribution in [0.3, 0.4) is 0 Å². The Kier molecular flexibility index (Phi) is 2.67. The maximum absolute atomic E-state index is 12.0. The summed E-state index contributed by atoms with van der Waals surface area (Å²) in [5, 5.41) is 16.0. The van der Waals surface area contributed by atoms with Crippen LogP contribution < -0.4 is 10.6 Å². The van der Waals surface area contributed by atoms with Crippen molar-refractivity contribution < 1.29 is 14.7 Å². The lowest BCUT2D eigenvalue weighted by Crippen LogP contribution is -2.34. The van der Waals surface area contributed by atoms with E-state index in [-0.39, 0.29) is 17.5 Å². The first kappa shape index (κ1) is 12.0. The Hall–Kier alpha value is -2.08. The quantitative estimate of drug-likeness (QED) is 0.745. The number of carbonyl (C=O) groups is 2. The van der Waals surface area contributed by atoms with Crippen LogP contribution in [0.2, 0.25) is 0 Å². The second-order valence-electron chi connectivity index (χ2n) is 4.58. The Morgan fingerprint density at radius 3 is 3.00 bits per heavy atom. The largest absolute Gasteiger partial charge is 0.478 e. The zero-order valence-corrected chi connectivity index (χ0v) is 11.0. The van der Waals surface area contributed by atoms with Gasteiger partial charge in [0.2, 0.25) is 0 Å². The van der Waals surface area contributed by atoms with Gasteiger partial charge >= 0.3 is 5.97 Å². The van der Waals surface area contributed by atoms with Gasteiger partial charge in [-0.25, -0.2) is 4.79 Å². The fraction of sp³-hybridized carbons (Fsp3) is 0.231. The Balaban J connectivity index is 2.21. The van der Waals surface area contributed by atoms with Gasteiger partial charge < -0.3 is 15.7 Å². The summed E-state index contributed by atoms with van der Waals surface area (Å²) < 4.78 is 0.909. The van der Waals surface area contributed by atoms with Crippen molar-refractivity contribution in [3.05, 3.63) is 28.6 Å². The van der Waals surface area contributed by atoms with Gasteiger partial charge in [-0.2, -0.15) is 0 Å². The SMILES string of the molecule is CC1CNc2c(sc3ccc(C(=O)O)cc23)C(=O)N1. The highest BCUT2D eigenvalue weighted by molar-refractivity contribution is 7.21. The Bertz CT molecular complexity index is 692. The fourth-order valence-electron chi connectivity index (χ4n) is 2.16. The number of hydrogen-bond donors (Lipinski definition) is 3. The summed E-state index contributed by atoms with van der Waals surface area (Å²) in [6.45, 7) is 2.55. The maximum atomic E-state index is 12.0. The minimum Gasteiger partial charge on any atom is -0.478 e. The smallest absolute Gasteiger partial charge is 0.335 e. The lowest BCUT2D eigenvalue weighted by atomic mass is 10.1. The molecule has 1 unspecified atom stereocenters. The second kappa shape index (κ2) is 4.24. The zero-order chi connectivity index (χ0) is 13.6. The summed E-state index contributed by atoms with van der Waals surface area (Å²) in [6.07, 6.45) is 0. The van der Waals surface area contributed by atoms with E-state index in [1.54, 1.807) is 18.2 Å². The topological polar surface area (TPSA) is 78.4 Å². The van der Waals surface area contributed by atoms with E-state index in [1.165, 1.54) is 11.3 Å². The van der Waals surface area contributed by atoms with Gasteiger partial charge in [0.1, 0.15) is 4.88 Å². The molecule has 3 rings (SSSR count). The number of carboxylic acids is 1. The van der Waals surface area contributed by atoms with Crippen molar-refractivity contribution >= 4 is 39.0 Å². The van der Waals surface area contributed by atoms with E-state index < -0.39 is 5.97 Å². The zero-order valence-electron chi connectivity index (χ0n) is 10.2. The van der Waals surface area contributed by atoms with Gasteiger partial charge in [0.15, 0.2) is 0 Å². The van der Waals surface area contributed by atoms with Crippen molar-refractivity contribution in [1.29, 1.82) is 0 Å². The van der Waals surface area contributed by atoms with Gasteiger partial charge in [-0.3, -0.25) is 4.79 Å². The molecule has 1 atom stereocenters. The Morgan fingerprint density at radius 1 is 1.47 bits per heavy atom. The standard InChI is InChI=1S/C13H12N2O3S/c1-6-5-14-10-8-4-7(13(17)18)2-3-9(8)19-11(10)12(16)15-6/h2-4,6,14H,5H2,1H3,(H,15,16)(H,17,18). The third-order valence-electron chi connectivity index (χ3n) is 3.10. The van der Waals surface area contributed by atoms with Crippen molar-refractivity contribution in [3.8, 4) is 0 Å². The molecule has 1 aliphatic rings. The lowest BCUT2D eigenvalue weighted by molar-refractivity contribution is 0.0696. The van der Waals surface area contributed by atoms with Crippen molar-refractivity contribution in [3.63, 3.8) is 0 Å². The molecular formula is C13H12N2O3S. The van der Waals surface area contributed by atoms with Crippen LogP contribution in [0, 0.1) is 0 Å². The van der Waals surface area contributed by atoms with E-state index in [1.807, 2.05) is 6.92 Å². The summed E-state index contributed by atoms with van der Waals surface area (Å²) in [5.41, 5.74) is 0.970. The minimum atomic E-state index is -0.965. The monoisotopic (exact) mass is 276 g/mol. The number of carbonyl (C=O) groups excluding carboxylic acids is 1. The molecule has 0 bridgehead atoms. The molecule has 1 aromatic carbocycles. The van der Waals surface area contributed by atoms with Crippen molar-refractivity contribution in [2.24, 2.45) is 0 Å². The number of nitrogens with one attached hydrogen (secondary N) is 2. The first-order chi connectivity index (χ1) is 9.06. The molecule has 1 amide bonds. The van der Waals surface area contributed by atoms with Crippen LogP contribution in [0.1, 0.15) is 27.0 Å². The first-order valence-electron chi connectivity index (χ1n) is 5.91. The van der Waals surface area contributed by atoms with E-state index in [9.17, 15) is 9.59 Å². The second-order valence-corrected chi connectivity index (χ2v) is 5.63. The summed E-state index contributed by atoms with van der Waals surface area (Å²) >= 11 is 1.38. The number of hydrogen-bond acceptors (Lipinski definition) is 4. The van der Waals surface area contributed by atoms with Crippen LogP contribution in [-0.2, 0) is 0 Å². The van der Waals surface area contributed by atoms with Crippen molar-refractivity contribution in [2.45, 2.75) is 13.0 Å². The third-order valence-corrected chi connectivity index (χ3v) is 4.27. The predicted molar refractivity (Wildman–Crippen MR) is 74.2 cm³/mol. The number of carboxylic acid groups (broad SMARTS) is 1. The molecule has 98 valence electrons. The number of anilines is 1. The molecule has 19 heavy (non-hydrogen) atoms. The predicted octanol–water partition coefficient (Wildman–Crippen LogP) is 2.14. The number of fused-ring (bicyclic) bond motifs is 3. The summed E-state index contributed by atoms with van der Waals surface area (Å²) in [7, 11) is 0. The normalized spacial score (nSPS) is 18.4. The lowest BCUT2D eigenvalue weighted by Gasteiger charge is -2.09. The molecule has 6 heteroatoms. The summed E-state index contributed by atoms with van der Waals surface area (Å²) in [5.74, 6) is -1.07. The minimum absolute atomic E-state index is 0.0461. The summed E-state index contributed by atoms with van der Waals surface area (Å²) in [6, 6.07) is 4.96. The summed E-state index contributed by atoms with van der Waals surface area (Å²) in [4.78, 5) is 23.7. The molecule has 0 fully saturated rings. The van der Waals surface area contributed by atoms with Crippen LogP contribution in [0.5, 0.6) is 0 Å². The van der Waals surface area contributed by atoms with Crippen LogP contribution in [0.25, 0.3) is 10.1 Å². The van der Waals surface area contributed by atoms with Crippen molar-refractivity contribution in [1.82, 2.24) is 5.32 Å². The van der Waals surface area contributed by atoms with Crippen LogP contribution in [-0.4, -0.2) is 29.6 Å². The molecule has 5 nitrogen and oxygen atoms in total. The molecule has 2 aromatic rings. The van der Waals surface area contributed by atoms with Gasteiger partial charge in [-0.1, -0.05) is 0 Å². The van der Waals surface area contributed by atoms with Crippen LogP contribution in [0.15, 0.2) is 18.2 Å². The van der Waals surface area contributed by atoms with Gasteiger partial charge in [0.05, 0.1) is 11.3 Å². The van der Waals surface area contributed by atoms with E-state index in [4.69, 9.17) is 5.11 Å². The number of benzene rings is 1. The number of thiophene rings is 1. The fourth-order valence-corrected chi connectivity index (χ4v) is 3.22. The molecule has 0 saturated heterocycles. The number of amides is 1. The van der Waals surface area contributed by atoms with Gasteiger partial charge in [0, 0.05) is 22.7 Å². The highest BCUT2D eigenvalue weighted by Crippen LogP contribution is 2.37. The average Bonchev–Trinajstić information content (AvgIpc) is 2.67. The highest BCUT2D eigenvalue weighted by Gasteiger charge is 2.23. The molecule has 0 saturated carbocycles. The van der Waals surface area contributed by atoms with Gasteiger partial charge in [-0.15, -0.1) is 11.3 Å². The van der Waals surface area contributed by atoms with Crippen molar-refractivity contribution in [2.75, 3.05) is 11.9 Å².